The minimum atomic E-state index is -0.739. The Bertz CT molecular complexity index is 1040. The van der Waals surface area contributed by atoms with Crippen LogP contribution in [0, 0.1) is 5.41 Å². The molecule has 2 rings (SSSR count). The third kappa shape index (κ3) is 7.12. The van der Waals surface area contributed by atoms with E-state index in [0.29, 0.717) is 5.57 Å². The molecule has 0 unspecified atom stereocenters. The molecule has 0 aliphatic heterocycles. The second-order valence-corrected chi connectivity index (χ2v) is 8.94. The number of allylic oxidation sites excluding steroid dienone is 9. The fourth-order valence-corrected chi connectivity index (χ4v) is 3.81. The van der Waals surface area contributed by atoms with Crippen molar-refractivity contribution in [3.05, 3.63) is 82.5 Å². The fraction of sp³-hybridized carbons (Fsp3) is 0.333. The summed E-state index contributed by atoms with van der Waals surface area (Å²) < 4.78 is 0. The van der Waals surface area contributed by atoms with E-state index in [1.807, 2.05) is 19.1 Å². The Hall–Kier alpha value is -3.34. The molecule has 0 atom stereocenters. The fourth-order valence-electron chi connectivity index (χ4n) is 3.81. The van der Waals surface area contributed by atoms with Gasteiger partial charge >= 0.3 is 0 Å². The molecule has 0 spiro atoms. The van der Waals surface area contributed by atoms with Crippen LogP contribution in [-0.2, 0) is 4.79 Å². The van der Waals surface area contributed by atoms with Crippen molar-refractivity contribution in [2.45, 2.75) is 53.9 Å². The summed E-state index contributed by atoms with van der Waals surface area (Å²) in [6.45, 7) is 10.6. The number of hydrogen-bond donors (Lipinski definition) is 3. The van der Waals surface area contributed by atoms with Crippen LogP contribution in [0.15, 0.2) is 76.9 Å². The number of carbonyl (C=O) groups is 2. The molecule has 0 fully saturated rings. The summed E-state index contributed by atoms with van der Waals surface area (Å²) in [4.78, 5) is 24.2. The maximum atomic E-state index is 12.1. The van der Waals surface area contributed by atoms with E-state index in [9.17, 15) is 19.8 Å². The highest BCUT2D eigenvalue weighted by molar-refractivity contribution is 6.09. The number of amides is 2. The summed E-state index contributed by atoms with van der Waals surface area (Å²) in [5.74, 6) is -1.89. The van der Waals surface area contributed by atoms with E-state index < -0.39 is 17.6 Å². The molecule has 1 aliphatic rings. The van der Waals surface area contributed by atoms with Crippen molar-refractivity contribution in [2.24, 2.45) is 5.41 Å². The number of imide groups is 1. The average molecular weight is 436 g/mol. The van der Waals surface area contributed by atoms with Crippen molar-refractivity contribution in [3.8, 4) is 11.5 Å². The van der Waals surface area contributed by atoms with E-state index in [1.54, 1.807) is 13.0 Å². The van der Waals surface area contributed by atoms with Crippen molar-refractivity contribution >= 4 is 11.8 Å². The lowest BCUT2D eigenvalue weighted by Gasteiger charge is -2.32. The van der Waals surface area contributed by atoms with E-state index in [-0.39, 0.29) is 16.7 Å². The molecule has 0 heterocycles. The van der Waals surface area contributed by atoms with Crippen LogP contribution in [0.3, 0.4) is 0 Å². The molecule has 0 aromatic heterocycles. The van der Waals surface area contributed by atoms with Gasteiger partial charge in [0, 0.05) is 12.1 Å². The van der Waals surface area contributed by atoms with Crippen molar-refractivity contribution < 1.29 is 19.8 Å². The molecule has 3 N–H and O–H groups in total. The zero-order valence-electron chi connectivity index (χ0n) is 19.5. The predicted molar refractivity (Wildman–Crippen MR) is 128 cm³/mol. The van der Waals surface area contributed by atoms with Crippen molar-refractivity contribution in [3.63, 3.8) is 0 Å². The zero-order valence-corrected chi connectivity index (χ0v) is 19.5. The first-order chi connectivity index (χ1) is 15.0. The van der Waals surface area contributed by atoms with Gasteiger partial charge in [0.15, 0.2) is 0 Å². The Kier molecular flexibility index (Phi) is 8.41. The molecule has 1 aromatic carbocycles. The standard InChI is InChI=1S/C27H33NO4/c1-18(11-14-23-20(3)10-7-15-27(23,4)5)8-6-9-19(2)16-25(31)28-26(32)22-13-12-21(29)17-24(22)30/h6,8-9,11-14,16-17,29-30H,7,10,15H2,1-5H3,(H,28,31,32). The summed E-state index contributed by atoms with van der Waals surface area (Å²) in [5.41, 5.74) is 4.76. The van der Waals surface area contributed by atoms with Gasteiger partial charge in [0.2, 0.25) is 0 Å². The largest absolute Gasteiger partial charge is 0.508 e. The Balaban J connectivity index is 1.97. The molecule has 0 saturated carbocycles. The van der Waals surface area contributed by atoms with E-state index in [2.05, 4.69) is 38.2 Å². The lowest BCUT2D eigenvalue weighted by molar-refractivity contribution is -0.115. The SMILES string of the molecule is CC(C=CC1=C(C)CCCC1(C)C)=CC=CC(C)=CC(=O)NC(=O)c1ccc(O)cc1O. The van der Waals surface area contributed by atoms with E-state index in [1.165, 1.54) is 42.2 Å². The van der Waals surface area contributed by atoms with Gasteiger partial charge in [-0.25, -0.2) is 0 Å². The molecule has 1 aromatic rings. The van der Waals surface area contributed by atoms with Crippen LogP contribution >= 0.6 is 0 Å². The highest BCUT2D eigenvalue weighted by Crippen LogP contribution is 2.40. The number of hydrogen-bond acceptors (Lipinski definition) is 4. The zero-order chi connectivity index (χ0) is 23.9. The predicted octanol–water partition coefficient (Wildman–Crippen LogP) is 5.89. The molecule has 2 amide bonds. The summed E-state index contributed by atoms with van der Waals surface area (Å²) >= 11 is 0. The van der Waals surface area contributed by atoms with E-state index in [4.69, 9.17) is 0 Å². The van der Waals surface area contributed by atoms with Gasteiger partial charge in [-0.2, -0.15) is 0 Å². The quantitative estimate of drug-likeness (QED) is 0.384. The van der Waals surface area contributed by atoms with Crippen LogP contribution in [0.25, 0.3) is 0 Å². The molecule has 0 bridgehead atoms. The highest BCUT2D eigenvalue weighted by Gasteiger charge is 2.26. The van der Waals surface area contributed by atoms with E-state index in [0.717, 1.165) is 18.1 Å². The number of benzene rings is 1. The van der Waals surface area contributed by atoms with Gasteiger partial charge in [-0.1, -0.05) is 55.4 Å². The lowest BCUT2D eigenvalue weighted by atomic mass is 9.72. The number of phenolic OH excluding ortho intramolecular Hbond substituents is 2. The van der Waals surface area contributed by atoms with Gasteiger partial charge in [0.25, 0.3) is 11.8 Å². The number of phenols is 2. The first-order valence-electron chi connectivity index (χ1n) is 10.8. The third-order valence-electron chi connectivity index (χ3n) is 5.60. The van der Waals surface area contributed by atoms with Crippen LogP contribution in [-0.4, -0.2) is 22.0 Å². The second kappa shape index (κ2) is 10.8. The summed E-state index contributed by atoms with van der Waals surface area (Å²) in [7, 11) is 0. The molecule has 170 valence electrons. The van der Waals surface area contributed by atoms with Gasteiger partial charge in [-0.3, -0.25) is 14.9 Å². The first-order valence-corrected chi connectivity index (χ1v) is 10.8. The smallest absolute Gasteiger partial charge is 0.261 e. The Morgan fingerprint density at radius 2 is 1.81 bits per heavy atom. The van der Waals surface area contributed by atoms with Crippen LogP contribution < -0.4 is 5.32 Å². The molecule has 32 heavy (non-hydrogen) atoms. The van der Waals surface area contributed by atoms with Crippen LogP contribution in [0.2, 0.25) is 0 Å². The number of rotatable bonds is 6. The summed E-state index contributed by atoms with van der Waals surface area (Å²) in [6, 6.07) is 3.55. The third-order valence-corrected chi connectivity index (χ3v) is 5.60. The van der Waals surface area contributed by atoms with Crippen molar-refractivity contribution in [2.75, 3.05) is 0 Å². The average Bonchev–Trinajstić information content (AvgIpc) is 2.66. The molecule has 1 aliphatic carbocycles. The molecular weight excluding hydrogens is 402 g/mol. The highest BCUT2D eigenvalue weighted by atomic mass is 16.3. The molecule has 0 saturated heterocycles. The second-order valence-electron chi connectivity index (χ2n) is 8.94. The Labute approximate surface area is 190 Å². The number of nitrogens with one attached hydrogen (secondary N) is 1. The molecular formula is C27H33NO4. The van der Waals surface area contributed by atoms with Crippen molar-refractivity contribution in [1.82, 2.24) is 5.32 Å². The number of carbonyl (C=O) groups excluding carboxylic acids is 2. The Morgan fingerprint density at radius 1 is 1.09 bits per heavy atom. The normalized spacial score (nSPS) is 17.3. The van der Waals surface area contributed by atoms with Gasteiger partial charge in [0.1, 0.15) is 11.5 Å². The van der Waals surface area contributed by atoms with Crippen LogP contribution in [0.5, 0.6) is 11.5 Å². The summed E-state index contributed by atoms with van der Waals surface area (Å²) in [6.07, 6.45) is 14.9. The molecule has 5 nitrogen and oxygen atoms in total. The van der Waals surface area contributed by atoms with Crippen LogP contribution in [0.1, 0.15) is 64.2 Å². The molecule has 0 radical (unpaired) electrons. The number of aromatic hydroxyl groups is 2. The molecule has 5 heteroatoms. The summed E-state index contributed by atoms with van der Waals surface area (Å²) in [5, 5.41) is 21.2. The maximum absolute atomic E-state index is 12.1. The minimum Gasteiger partial charge on any atom is -0.508 e. The first kappa shape index (κ1) is 24.9. The van der Waals surface area contributed by atoms with Gasteiger partial charge in [0.05, 0.1) is 5.56 Å². The minimum absolute atomic E-state index is 0.0883. The van der Waals surface area contributed by atoms with E-state index >= 15 is 0 Å². The monoisotopic (exact) mass is 435 g/mol. The Morgan fingerprint density at radius 3 is 2.47 bits per heavy atom. The van der Waals surface area contributed by atoms with Gasteiger partial charge in [-0.15, -0.1) is 0 Å². The van der Waals surface area contributed by atoms with Crippen molar-refractivity contribution in [1.29, 1.82) is 0 Å². The van der Waals surface area contributed by atoms with Crippen LogP contribution in [0.4, 0.5) is 0 Å². The van der Waals surface area contributed by atoms with Gasteiger partial charge < -0.3 is 10.2 Å². The maximum Gasteiger partial charge on any atom is 0.261 e. The topological polar surface area (TPSA) is 86.6 Å². The lowest BCUT2D eigenvalue weighted by Crippen LogP contribution is -2.29. The van der Waals surface area contributed by atoms with Gasteiger partial charge in [-0.05, 0) is 68.7 Å².